The van der Waals surface area contributed by atoms with E-state index in [0.29, 0.717) is 18.7 Å². The number of hydrogen-bond donors (Lipinski definition) is 2. The lowest BCUT2D eigenvalue weighted by molar-refractivity contribution is 0.0448. The number of para-hydroxylation sites is 1. The van der Waals surface area contributed by atoms with Gasteiger partial charge in [-0.3, -0.25) is 9.80 Å². The summed E-state index contributed by atoms with van der Waals surface area (Å²) in [6, 6.07) is 19.3. The number of aromatic amines is 1. The SMILES string of the molecule is OC(COc1cccc2[nH]c3ccccc3c12)CN1CCN(Cc2ccc(Br)cc2F)CC1. The van der Waals surface area contributed by atoms with E-state index in [1.807, 2.05) is 42.5 Å². The number of aromatic nitrogens is 1. The molecule has 2 heterocycles. The van der Waals surface area contributed by atoms with Gasteiger partial charge >= 0.3 is 0 Å². The summed E-state index contributed by atoms with van der Waals surface area (Å²) in [6.07, 6.45) is -0.582. The number of halogens is 2. The third kappa shape index (κ3) is 5.06. The number of fused-ring (bicyclic) bond motifs is 3. The molecule has 0 bridgehead atoms. The Morgan fingerprint density at radius 3 is 2.55 bits per heavy atom. The summed E-state index contributed by atoms with van der Waals surface area (Å²) < 4.78 is 20.9. The Morgan fingerprint density at radius 2 is 1.73 bits per heavy atom. The second-order valence-corrected chi connectivity index (χ2v) is 9.54. The summed E-state index contributed by atoms with van der Waals surface area (Å²) in [4.78, 5) is 7.92. The van der Waals surface area contributed by atoms with Gasteiger partial charge in [0.15, 0.2) is 0 Å². The summed E-state index contributed by atoms with van der Waals surface area (Å²) in [5.41, 5.74) is 2.82. The van der Waals surface area contributed by atoms with Crippen LogP contribution in [-0.4, -0.2) is 65.3 Å². The van der Waals surface area contributed by atoms with Gasteiger partial charge in [0.05, 0.1) is 5.52 Å². The molecule has 0 spiro atoms. The van der Waals surface area contributed by atoms with Crippen molar-refractivity contribution in [3.8, 4) is 5.75 Å². The summed E-state index contributed by atoms with van der Waals surface area (Å²) in [5, 5.41) is 12.8. The Hall–Kier alpha value is -2.45. The van der Waals surface area contributed by atoms with E-state index in [2.05, 4.69) is 42.8 Å². The van der Waals surface area contributed by atoms with Crippen molar-refractivity contribution in [2.75, 3.05) is 39.3 Å². The zero-order valence-corrected chi connectivity index (χ0v) is 19.9. The number of ether oxygens (including phenoxy) is 1. The van der Waals surface area contributed by atoms with E-state index in [1.54, 1.807) is 0 Å². The highest BCUT2D eigenvalue weighted by atomic mass is 79.9. The fourth-order valence-electron chi connectivity index (χ4n) is 4.55. The smallest absolute Gasteiger partial charge is 0.129 e. The highest BCUT2D eigenvalue weighted by Crippen LogP contribution is 2.33. The van der Waals surface area contributed by atoms with Gasteiger partial charge in [-0.25, -0.2) is 4.39 Å². The molecular formula is C26H27BrFN3O2. The molecule has 0 saturated carbocycles. The number of aliphatic hydroxyl groups excluding tert-OH is 1. The van der Waals surface area contributed by atoms with Crippen LogP contribution in [0.2, 0.25) is 0 Å². The molecule has 4 aromatic rings. The number of rotatable bonds is 7. The zero-order chi connectivity index (χ0) is 22.8. The minimum absolute atomic E-state index is 0.176. The van der Waals surface area contributed by atoms with Crippen molar-refractivity contribution in [3.05, 3.63) is 76.5 Å². The molecule has 1 aliphatic rings. The van der Waals surface area contributed by atoms with Crippen molar-refractivity contribution in [3.63, 3.8) is 0 Å². The van der Waals surface area contributed by atoms with E-state index >= 15 is 0 Å². The maximum Gasteiger partial charge on any atom is 0.129 e. The van der Waals surface area contributed by atoms with E-state index in [0.717, 1.165) is 58.2 Å². The lowest BCUT2D eigenvalue weighted by atomic mass is 10.1. The third-order valence-corrected chi connectivity index (χ3v) is 6.76. The fourth-order valence-corrected chi connectivity index (χ4v) is 4.88. The second kappa shape index (κ2) is 9.81. The number of hydrogen-bond acceptors (Lipinski definition) is 4. The topological polar surface area (TPSA) is 51.7 Å². The molecule has 1 aliphatic heterocycles. The molecule has 0 amide bonds. The predicted octanol–water partition coefficient (Wildman–Crippen LogP) is 4.78. The first kappa shape index (κ1) is 22.3. The molecule has 1 aromatic heterocycles. The van der Waals surface area contributed by atoms with Crippen LogP contribution < -0.4 is 4.74 Å². The molecule has 0 radical (unpaired) electrons. The molecule has 2 N–H and O–H groups in total. The highest BCUT2D eigenvalue weighted by Gasteiger charge is 2.21. The average Bonchev–Trinajstić information content (AvgIpc) is 3.20. The van der Waals surface area contributed by atoms with Crippen molar-refractivity contribution in [2.45, 2.75) is 12.6 Å². The Bertz CT molecular complexity index is 1250. The van der Waals surface area contributed by atoms with Crippen molar-refractivity contribution in [2.24, 2.45) is 0 Å². The maximum absolute atomic E-state index is 14.1. The molecule has 1 saturated heterocycles. The van der Waals surface area contributed by atoms with Gasteiger partial charge in [0.25, 0.3) is 0 Å². The zero-order valence-electron chi connectivity index (χ0n) is 18.3. The number of aliphatic hydroxyl groups is 1. The molecule has 0 aliphatic carbocycles. The molecule has 172 valence electrons. The van der Waals surface area contributed by atoms with Gasteiger partial charge in [0.1, 0.15) is 24.3 Å². The van der Waals surface area contributed by atoms with Crippen LogP contribution >= 0.6 is 15.9 Å². The molecule has 1 atom stereocenters. The van der Waals surface area contributed by atoms with Gasteiger partial charge in [-0.05, 0) is 30.3 Å². The van der Waals surface area contributed by atoms with E-state index in [1.165, 1.54) is 6.07 Å². The molecule has 7 heteroatoms. The number of piperazine rings is 1. The van der Waals surface area contributed by atoms with Gasteiger partial charge < -0.3 is 14.8 Å². The van der Waals surface area contributed by atoms with Crippen molar-refractivity contribution in [1.29, 1.82) is 0 Å². The van der Waals surface area contributed by atoms with E-state index in [4.69, 9.17) is 4.74 Å². The van der Waals surface area contributed by atoms with Crippen LogP contribution in [0.3, 0.4) is 0 Å². The van der Waals surface area contributed by atoms with Gasteiger partial charge in [0.2, 0.25) is 0 Å². The maximum atomic E-state index is 14.1. The molecule has 1 fully saturated rings. The summed E-state index contributed by atoms with van der Waals surface area (Å²) in [5.74, 6) is 0.606. The lowest BCUT2D eigenvalue weighted by Gasteiger charge is -2.35. The normalized spacial score (nSPS) is 16.5. The molecule has 3 aromatic carbocycles. The van der Waals surface area contributed by atoms with E-state index in [-0.39, 0.29) is 12.4 Å². The van der Waals surface area contributed by atoms with Gasteiger partial charge in [-0.1, -0.05) is 46.3 Å². The summed E-state index contributed by atoms with van der Waals surface area (Å²) >= 11 is 3.30. The monoisotopic (exact) mass is 511 g/mol. The number of β-amino-alcohol motifs (C(OH)–C–C–N with tert-alkyl or cyclic N) is 1. The largest absolute Gasteiger partial charge is 0.490 e. The van der Waals surface area contributed by atoms with E-state index in [9.17, 15) is 9.50 Å². The van der Waals surface area contributed by atoms with E-state index < -0.39 is 6.10 Å². The first-order chi connectivity index (χ1) is 16.1. The summed E-state index contributed by atoms with van der Waals surface area (Å²) in [6.45, 7) is 4.77. The van der Waals surface area contributed by atoms with Crippen molar-refractivity contribution < 1.29 is 14.2 Å². The molecule has 1 unspecified atom stereocenters. The Morgan fingerprint density at radius 1 is 0.970 bits per heavy atom. The minimum atomic E-state index is -0.582. The number of nitrogens with zero attached hydrogens (tertiary/aromatic N) is 2. The number of nitrogens with one attached hydrogen (secondary N) is 1. The quantitative estimate of drug-likeness (QED) is 0.374. The van der Waals surface area contributed by atoms with Crippen LogP contribution in [0.4, 0.5) is 4.39 Å². The first-order valence-electron chi connectivity index (χ1n) is 11.3. The van der Waals surface area contributed by atoms with Crippen LogP contribution in [0, 0.1) is 5.82 Å². The van der Waals surface area contributed by atoms with Crippen LogP contribution in [-0.2, 0) is 6.54 Å². The Balaban J connectivity index is 1.14. The van der Waals surface area contributed by atoms with Crippen molar-refractivity contribution >= 4 is 37.7 Å². The lowest BCUT2D eigenvalue weighted by Crippen LogP contribution is -2.48. The molecule has 5 rings (SSSR count). The van der Waals surface area contributed by atoms with Gasteiger partial charge in [-0.15, -0.1) is 0 Å². The van der Waals surface area contributed by atoms with Crippen LogP contribution in [0.15, 0.2) is 65.1 Å². The second-order valence-electron chi connectivity index (χ2n) is 8.63. The molecule has 5 nitrogen and oxygen atoms in total. The first-order valence-corrected chi connectivity index (χ1v) is 12.0. The minimum Gasteiger partial charge on any atom is -0.490 e. The Kier molecular flexibility index (Phi) is 6.64. The standard InChI is InChI=1S/C26H27BrFN3O2/c27-19-9-8-18(22(28)14-19)15-30-10-12-31(13-11-30)16-20(32)17-33-25-7-3-6-24-26(25)21-4-1-2-5-23(21)29-24/h1-9,14,20,29,32H,10-13,15-17H2. The number of H-pyrrole nitrogens is 1. The highest BCUT2D eigenvalue weighted by molar-refractivity contribution is 9.10. The summed E-state index contributed by atoms with van der Waals surface area (Å²) in [7, 11) is 0. The van der Waals surface area contributed by atoms with Crippen LogP contribution in [0.1, 0.15) is 5.56 Å². The Labute approximate surface area is 200 Å². The van der Waals surface area contributed by atoms with Crippen LogP contribution in [0.25, 0.3) is 21.8 Å². The third-order valence-electron chi connectivity index (χ3n) is 6.27. The van der Waals surface area contributed by atoms with Crippen LogP contribution in [0.5, 0.6) is 5.75 Å². The predicted molar refractivity (Wildman–Crippen MR) is 133 cm³/mol. The molecular weight excluding hydrogens is 485 g/mol. The number of benzene rings is 3. The average molecular weight is 512 g/mol. The van der Waals surface area contributed by atoms with Gasteiger partial charge in [0, 0.05) is 65.6 Å². The van der Waals surface area contributed by atoms with Crippen molar-refractivity contribution in [1.82, 2.24) is 14.8 Å². The fraction of sp³-hybridized carbons (Fsp3) is 0.308. The van der Waals surface area contributed by atoms with Gasteiger partial charge in [-0.2, -0.15) is 0 Å². The molecule has 33 heavy (non-hydrogen) atoms.